The second-order valence-corrected chi connectivity index (χ2v) is 6.92. The number of alkyl halides is 1. The summed E-state index contributed by atoms with van der Waals surface area (Å²) in [5.74, 6) is -0.904. The summed E-state index contributed by atoms with van der Waals surface area (Å²) in [7, 11) is 0. The molecule has 23 heavy (non-hydrogen) atoms. The Bertz CT molecular complexity index is 808. The summed E-state index contributed by atoms with van der Waals surface area (Å²) in [5, 5.41) is 1.05. The monoisotopic (exact) mass is 337 g/mol. The van der Waals surface area contributed by atoms with Crippen LogP contribution in [0.15, 0.2) is 31.2 Å². The molecule has 2 fully saturated rings. The van der Waals surface area contributed by atoms with E-state index in [-0.39, 0.29) is 6.42 Å². The molecule has 0 unspecified atom stereocenters. The van der Waals surface area contributed by atoms with E-state index in [1.165, 1.54) is 12.4 Å². The molecular formula is C16H17ClFN3O2. The van der Waals surface area contributed by atoms with Gasteiger partial charge in [0, 0.05) is 12.6 Å². The Morgan fingerprint density at radius 3 is 2.96 bits per heavy atom. The van der Waals surface area contributed by atoms with Crippen LogP contribution < -0.4 is 0 Å². The van der Waals surface area contributed by atoms with E-state index in [2.05, 4.69) is 16.5 Å². The largest absolute Gasteiger partial charge is 0.338 e. The lowest BCUT2D eigenvalue weighted by molar-refractivity contribution is -0.189. The first kappa shape index (κ1) is 15.1. The van der Waals surface area contributed by atoms with Crippen LogP contribution >= 0.6 is 11.6 Å². The Hall–Kier alpha value is -1.50. The summed E-state index contributed by atoms with van der Waals surface area (Å²) in [6.07, 6.45) is 4.44. The summed E-state index contributed by atoms with van der Waals surface area (Å²) in [6, 6.07) is 1.81. The van der Waals surface area contributed by atoms with Crippen LogP contribution in [0.2, 0.25) is 5.15 Å². The summed E-state index contributed by atoms with van der Waals surface area (Å²) in [5.41, 5.74) is -2.03. The van der Waals surface area contributed by atoms with Crippen LogP contribution in [0.4, 0.5) is 4.39 Å². The van der Waals surface area contributed by atoms with Crippen molar-refractivity contribution < 1.29 is 13.9 Å². The Labute approximate surface area is 138 Å². The van der Waals surface area contributed by atoms with E-state index in [1.807, 2.05) is 10.6 Å². The van der Waals surface area contributed by atoms with Gasteiger partial charge in [-0.2, -0.15) is 0 Å². The number of hydrogen-bond acceptors (Lipinski definition) is 4. The van der Waals surface area contributed by atoms with Crippen molar-refractivity contribution in [2.45, 2.75) is 50.0 Å². The highest BCUT2D eigenvalue weighted by Gasteiger charge is 2.67. The fourth-order valence-electron chi connectivity index (χ4n) is 3.77. The molecule has 3 atom stereocenters. The lowest BCUT2D eigenvalue weighted by atomic mass is 10.00. The quantitative estimate of drug-likeness (QED) is 0.621. The van der Waals surface area contributed by atoms with Crippen LogP contribution in [-0.4, -0.2) is 32.1 Å². The minimum absolute atomic E-state index is 0.274. The third-order valence-corrected chi connectivity index (χ3v) is 5.02. The molecule has 4 rings (SSSR count). The van der Waals surface area contributed by atoms with E-state index in [9.17, 15) is 0 Å². The molecule has 0 amide bonds. The molecule has 5 nitrogen and oxygen atoms in total. The van der Waals surface area contributed by atoms with Crippen molar-refractivity contribution in [1.29, 1.82) is 0 Å². The maximum Gasteiger partial charge on any atom is 0.179 e. The van der Waals surface area contributed by atoms with E-state index in [0.717, 1.165) is 0 Å². The smallest absolute Gasteiger partial charge is 0.179 e. The van der Waals surface area contributed by atoms with Gasteiger partial charge in [0.1, 0.15) is 23.2 Å². The van der Waals surface area contributed by atoms with Crippen LogP contribution in [0, 0.1) is 0 Å². The molecular weight excluding hydrogens is 321 g/mol. The van der Waals surface area contributed by atoms with E-state index in [1.54, 1.807) is 20.0 Å². The zero-order valence-electron chi connectivity index (χ0n) is 12.9. The molecule has 2 aromatic heterocycles. The Balaban J connectivity index is 1.94. The zero-order chi connectivity index (χ0) is 16.5. The van der Waals surface area contributed by atoms with Gasteiger partial charge in [0.25, 0.3) is 0 Å². The van der Waals surface area contributed by atoms with Crippen molar-refractivity contribution in [2.75, 3.05) is 0 Å². The predicted octanol–water partition coefficient (Wildman–Crippen LogP) is 3.58. The zero-order valence-corrected chi connectivity index (χ0v) is 13.7. The highest BCUT2D eigenvalue weighted by atomic mass is 35.5. The molecule has 2 aromatic rings. The van der Waals surface area contributed by atoms with Crippen LogP contribution in [0.5, 0.6) is 0 Å². The van der Waals surface area contributed by atoms with E-state index >= 15 is 4.39 Å². The first-order valence-corrected chi connectivity index (χ1v) is 7.88. The van der Waals surface area contributed by atoms with Gasteiger partial charge in [-0.15, -0.1) is 0 Å². The summed E-state index contributed by atoms with van der Waals surface area (Å²) < 4.78 is 29.2. The van der Waals surface area contributed by atoms with Gasteiger partial charge in [-0.05, 0) is 26.3 Å². The number of halogens is 2. The Morgan fingerprint density at radius 1 is 1.43 bits per heavy atom. The minimum Gasteiger partial charge on any atom is -0.338 e. The molecule has 2 aliphatic rings. The number of aromatic nitrogens is 3. The summed E-state index contributed by atoms with van der Waals surface area (Å²) >= 11 is 6.13. The molecule has 0 bridgehead atoms. The van der Waals surface area contributed by atoms with Gasteiger partial charge in [-0.25, -0.2) is 14.4 Å². The molecule has 1 aliphatic carbocycles. The van der Waals surface area contributed by atoms with Crippen molar-refractivity contribution in [2.24, 2.45) is 0 Å². The number of ether oxygens (including phenoxy) is 2. The van der Waals surface area contributed by atoms with Gasteiger partial charge in [-0.3, -0.25) is 0 Å². The molecule has 0 radical (unpaired) electrons. The number of fused-ring (bicyclic) bond motifs is 2. The second kappa shape index (κ2) is 4.53. The molecule has 0 N–H and O–H groups in total. The van der Waals surface area contributed by atoms with E-state index in [4.69, 9.17) is 21.1 Å². The fourth-order valence-corrected chi connectivity index (χ4v) is 3.96. The summed E-state index contributed by atoms with van der Waals surface area (Å²) in [6.45, 7) is 7.21. The van der Waals surface area contributed by atoms with Crippen molar-refractivity contribution in [3.05, 3.63) is 36.4 Å². The molecule has 0 aromatic carbocycles. The van der Waals surface area contributed by atoms with Crippen LogP contribution in [0.25, 0.3) is 11.0 Å². The van der Waals surface area contributed by atoms with Crippen molar-refractivity contribution in [3.63, 3.8) is 0 Å². The minimum atomic E-state index is -1.65. The number of nitrogens with zero attached hydrogens (tertiary/aromatic N) is 3. The maximum absolute atomic E-state index is 15.3. The van der Waals surface area contributed by atoms with Crippen LogP contribution in [0.3, 0.4) is 0 Å². The molecule has 7 heteroatoms. The third kappa shape index (κ3) is 1.92. The molecule has 3 heterocycles. The SMILES string of the molecule is C=C[C@@]1(F)CC[C@@]2(n3ccc4c(Cl)ncnc43)OC(C)(C)O[C@H]12. The topological polar surface area (TPSA) is 49.2 Å². The molecule has 122 valence electrons. The van der Waals surface area contributed by atoms with E-state index < -0.39 is 23.3 Å². The normalized spacial score (nSPS) is 35.6. The van der Waals surface area contributed by atoms with Gasteiger partial charge < -0.3 is 14.0 Å². The molecule has 0 spiro atoms. The lowest BCUT2D eigenvalue weighted by Crippen LogP contribution is -2.45. The third-order valence-electron chi connectivity index (χ3n) is 4.72. The predicted molar refractivity (Wildman–Crippen MR) is 83.8 cm³/mol. The van der Waals surface area contributed by atoms with Gasteiger partial charge in [0.05, 0.1) is 5.39 Å². The maximum atomic E-state index is 15.3. The average molecular weight is 338 g/mol. The van der Waals surface area contributed by atoms with E-state index in [0.29, 0.717) is 22.6 Å². The standard InChI is InChI=1S/C16H17ClFN3O2/c1-4-15(18)6-7-16(13(15)22-14(2,3)23-16)21-8-5-10-11(17)19-9-20-12(10)21/h4-5,8-9,13H,1,6-7H2,2-3H3/t13-,15-,16-/m1/s1. The van der Waals surface area contributed by atoms with Gasteiger partial charge >= 0.3 is 0 Å². The van der Waals surface area contributed by atoms with Crippen LogP contribution in [0.1, 0.15) is 26.7 Å². The number of hydrogen-bond donors (Lipinski definition) is 0. The number of rotatable bonds is 2. The van der Waals surface area contributed by atoms with Crippen molar-refractivity contribution in [1.82, 2.24) is 14.5 Å². The first-order valence-electron chi connectivity index (χ1n) is 7.50. The first-order chi connectivity index (χ1) is 10.8. The van der Waals surface area contributed by atoms with Crippen molar-refractivity contribution in [3.8, 4) is 0 Å². The van der Waals surface area contributed by atoms with Crippen LogP contribution in [-0.2, 0) is 15.2 Å². The van der Waals surface area contributed by atoms with Crippen molar-refractivity contribution >= 4 is 22.6 Å². The second-order valence-electron chi connectivity index (χ2n) is 6.56. The molecule has 1 aliphatic heterocycles. The highest BCUT2D eigenvalue weighted by Crippen LogP contribution is 2.56. The Morgan fingerprint density at radius 2 is 2.22 bits per heavy atom. The molecule has 1 saturated carbocycles. The Kier molecular flexibility index (Phi) is 2.96. The lowest BCUT2D eigenvalue weighted by Gasteiger charge is -2.31. The van der Waals surface area contributed by atoms with Gasteiger partial charge in [-0.1, -0.05) is 24.3 Å². The molecule has 1 saturated heterocycles. The summed E-state index contributed by atoms with van der Waals surface area (Å²) in [4.78, 5) is 8.29. The average Bonchev–Trinajstić information content (AvgIpc) is 3.12. The van der Waals surface area contributed by atoms with Gasteiger partial charge in [0.15, 0.2) is 17.2 Å². The van der Waals surface area contributed by atoms with Gasteiger partial charge in [0.2, 0.25) is 0 Å². The fraction of sp³-hybridized carbons (Fsp3) is 0.500. The highest BCUT2D eigenvalue weighted by molar-refractivity contribution is 6.33.